The fraction of sp³-hybridized carbons (Fsp3) is 0. The van der Waals surface area contributed by atoms with Gasteiger partial charge in [0.25, 0.3) is 11.1 Å². The van der Waals surface area contributed by atoms with Crippen molar-refractivity contribution in [3.63, 3.8) is 0 Å². The lowest BCUT2D eigenvalue weighted by atomic mass is 10.2. The molecule has 0 unspecified atom stereocenters. The standard InChI is InChI=1S/C15H7FN2O3S/c16-8-1-2-11-10(4-8)13-7(6-17-11)3-9(21-13)5-12-14(19)18-15(20)22-12/h1-6H,(H,18,19,20)/b12-5-. The van der Waals surface area contributed by atoms with Gasteiger partial charge in [-0.05, 0) is 36.0 Å². The number of hydrogen-bond donors (Lipinski definition) is 1. The van der Waals surface area contributed by atoms with Gasteiger partial charge < -0.3 is 4.42 Å². The largest absolute Gasteiger partial charge is 0.456 e. The van der Waals surface area contributed by atoms with Crippen molar-refractivity contribution < 1.29 is 18.4 Å². The summed E-state index contributed by atoms with van der Waals surface area (Å²) in [7, 11) is 0. The molecule has 0 atom stereocenters. The number of halogens is 1. The number of rotatable bonds is 1. The molecule has 2 amide bonds. The molecule has 7 heteroatoms. The molecule has 0 aliphatic carbocycles. The SMILES string of the molecule is O=C1NC(=O)/C(=C/c2cc3cnc4ccc(F)cc4c3o2)S1. The number of hydrogen-bond acceptors (Lipinski definition) is 5. The van der Waals surface area contributed by atoms with E-state index in [0.717, 1.165) is 11.8 Å². The van der Waals surface area contributed by atoms with Crippen molar-refractivity contribution in [1.82, 2.24) is 10.3 Å². The van der Waals surface area contributed by atoms with Gasteiger partial charge in [0, 0.05) is 23.0 Å². The Bertz CT molecular complexity index is 993. The second-order valence-electron chi connectivity index (χ2n) is 4.71. The first-order valence-electron chi connectivity index (χ1n) is 6.33. The number of nitrogens with zero attached hydrogens (tertiary/aromatic N) is 1. The van der Waals surface area contributed by atoms with Crippen LogP contribution in [0.4, 0.5) is 9.18 Å². The number of benzene rings is 1. The highest BCUT2D eigenvalue weighted by Crippen LogP contribution is 2.31. The number of furan rings is 1. The highest BCUT2D eigenvalue weighted by molar-refractivity contribution is 8.18. The zero-order valence-corrected chi connectivity index (χ0v) is 11.7. The molecule has 3 aromatic rings. The fourth-order valence-corrected chi connectivity index (χ4v) is 2.96. The van der Waals surface area contributed by atoms with Crippen molar-refractivity contribution >= 4 is 50.9 Å². The van der Waals surface area contributed by atoms with Crippen molar-refractivity contribution in [2.45, 2.75) is 0 Å². The molecule has 4 rings (SSSR count). The summed E-state index contributed by atoms with van der Waals surface area (Å²) in [6.07, 6.45) is 3.10. The summed E-state index contributed by atoms with van der Waals surface area (Å²) < 4.78 is 19.1. The van der Waals surface area contributed by atoms with Crippen LogP contribution in [0.25, 0.3) is 27.9 Å². The normalized spacial score (nSPS) is 16.9. The summed E-state index contributed by atoms with van der Waals surface area (Å²) in [5.41, 5.74) is 1.11. The highest BCUT2D eigenvalue weighted by atomic mass is 32.2. The van der Waals surface area contributed by atoms with Crippen LogP contribution in [0.15, 0.2) is 39.8 Å². The minimum Gasteiger partial charge on any atom is -0.456 e. The number of aromatic nitrogens is 1. The molecule has 0 saturated carbocycles. The molecule has 1 aliphatic heterocycles. The summed E-state index contributed by atoms with van der Waals surface area (Å²) in [6, 6.07) is 5.95. The van der Waals surface area contributed by atoms with Gasteiger partial charge in [0.1, 0.15) is 17.2 Å². The second kappa shape index (κ2) is 4.67. The Kier molecular flexibility index (Phi) is 2.77. The average molecular weight is 314 g/mol. The van der Waals surface area contributed by atoms with E-state index in [9.17, 15) is 14.0 Å². The number of amides is 2. The Morgan fingerprint density at radius 1 is 1.27 bits per heavy atom. The topological polar surface area (TPSA) is 72.2 Å². The molecule has 1 fully saturated rings. The third-order valence-electron chi connectivity index (χ3n) is 3.24. The smallest absolute Gasteiger partial charge is 0.290 e. The maximum Gasteiger partial charge on any atom is 0.290 e. The van der Waals surface area contributed by atoms with E-state index in [1.54, 1.807) is 18.3 Å². The van der Waals surface area contributed by atoms with E-state index in [1.807, 2.05) is 0 Å². The molecule has 0 bridgehead atoms. The van der Waals surface area contributed by atoms with E-state index < -0.39 is 11.1 Å². The number of thioether (sulfide) groups is 1. The van der Waals surface area contributed by atoms with Crippen molar-refractivity contribution in [2.75, 3.05) is 0 Å². The summed E-state index contributed by atoms with van der Waals surface area (Å²) in [5, 5.41) is 3.01. The molecule has 0 spiro atoms. The Hall–Kier alpha value is -2.67. The van der Waals surface area contributed by atoms with E-state index in [2.05, 4.69) is 10.3 Å². The molecule has 1 aliphatic rings. The number of carbonyl (C=O) groups excluding carboxylic acids is 2. The van der Waals surface area contributed by atoms with Crippen LogP contribution in [0.3, 0.4) is 0 Å². The van der Waals surface area contributed by atoms with Gasteiger partial charge in [-0.3, -0.25) is 19.9 Å². The Morgan fingerprint density at radius 2 is 2.14 bits per heavy atom. The van der Waals surface area contributed by atoms with E-state index in [1.165, 1.54) is 18.2 Å². The van der Waals surface area contributed by atoms with Gasteiger partial charge in [0.05, 0.1) is 10.4 Å². The maximum atomic E-state index is 13.4. The van der Waals surface area contributed by atoms with Crippen molar-refractivity contribution in [1.29, 1.82) is 0 Å². The zero-order valence-electron chi connectivity index (χ0n) is 10.9. The van der Waals surface area contributed by atoms with Gasteiger partial charge in [0.15, 0.2) is 0 Å². The van der Waals surface area contributed by atoms with E-state index in [4.69, 9.17) is 4.42 Å². The van der Waals surface area contributed by atoms with Crippen LogP contribution in [0, 0.1) is 5.82 Å². The molecule has 3 heterocycles. The van der Waals surface area contributed by atoms with Crippen LogP contribution in [-0.4, -0.2) is 16.1 Å². The third kappa shape index (κ3) is 2.06. The van der Waals surface area contributed by atoms with Gasteiger partial charge in [-0.1, -0.05) is 0 Å². The van der Waals surface area contributed by atoms with Crippen LogP contribution in [0.2, 0.25) is 0 Å². The van der Waals surface area contributed by atoms with Gasteiger partial charge in [-0.2, -0.15) is 0 Å². The first-order chi connectivity index (χ1) is 10.6. The number of pyridine rings is 1. The van der Waals surface area contributed by atoms with Crippen molar-refractivity contribution in [3.05, 3.63) is 46.9 Å². The molecular weight excluding hydrogens is 307 g/mol. The molecule has 1 N–H and O–H groups in total. The summed E-state index contributed by atoms with van der Waals surface area (Å²) in [4.78, 5) is 27.2. The zero-order chi connectivity index (χ0) is 15.3. The molecule has 108 valence electrons. The van der Waals surface area contributed by atoms with Gasteiger partial charge in [0.2, 0.25) is 0 Å². The molecule has 0 radical (unpaired) electrons. The first-order valence-corrected chi connectivity index (χ1v) is 7.14. The Morgan fingerprint density at radius 3 is 2.91 bits per heavy atom. The average Bonchev–Trinajstić information content (AvgIpc) is 3.02. The molecule has 1 saturated heterocycles. The minimum absolute atomic E-state index is 0.257. The molecule has 5 nitrogen and oxygen atoms in total. The van der Waals surface area contributed by atoms with E-state index in [-0.39, 0.29) is 10.7 Å². The molecule has 22 heavy (non-hydrogen) atoms. The van der Waals surface area contributed by atoms with Crippen LogP contribution < -0.4 is 5.32 Å². The Balaban J connectivity index is 1.89. The van der Waals surface area contributed by atoms with Crippen LogP contribution >= 0.6 is 11.8 Å². The lowest BCUT2D eigenvalue weighted by Gasteiger charge is -1.97. The number of carbonyl (C=O) groups is 2. The van der Waals surface area contributed by atoms with E-state index in [0.29, 0.717) is 27.6 Å². The monoisotopic (exact) mass is 314 g/mol. The maximum absolute atomic E-state index is 13.4. The predicted molar refractivity (Wildman–Crippen MR) is 80.6 cm³/mol. The van der Waals surface area contributed by atoms with Gasteiger partial charge in [-0.25, -0.2) is 4.39 Å². The molecule has 1 aromatic carbocycles. The lowest BCUT2D eigenvalue weighted by molar-refractivity contribution is -0.115. The van der Waals surface area contributed by atoms with Gasteiger partial charge >= 0.3 is 0 Å². The first kappa shape index (κ1) is 13.0. The quantitative estimate of drug-likeness (QED) is 0.697. The summed E-state index contributed by atoms with van der Waals surface area (Å²) in [5.74, 6) is -0.431. The molecular formula is C15H7FN2O3S. The lowest BCUT2D eigenvalue weighted by Crippen LogP contribution is -2.17. The third-order valence-corrected chi connectivity index (χ3v) is 4.05. The predicted octanol–water partition coefficient (Wildman–Crippen LogP) is 3.44. The minimum atomic E-state index is -0.454. The van der Waals surface area contributed by atoms with Crippen molar-refractivity contribution in [3.8, 4) is 0 Å². The van der Waals surface area contributed by atoms with Crippen LogP contribution in [-0.2, 0) is 4.79 Å². The number of imide groups is 1. The second-order valence-corrected chi connectivity index (χ2v) is 5.72. The summed E-state index contributed by atoms with van der Waals surface area (Å²) >= 11 is 0.810. The van der Waals surface area contributed by atoms with Crippen molar-refractivity contribution in [2.24, 2.45) is 0 Å². The van der Waals surface area contributed by atoms with E-state index >= 15 is 0 Å². The van der Waals surface area contributed by atoms with Crippen LogP contribution in [0.1, 0.15) is 5.76 Å². The number of nitrogens with one attached hydrogen (secondary N) is 1. The number of fused-ring (bicyclic) bond motifs is 3. The fourth-order valence-electron chi connectivity index (χ4n) is 2.29. The molecule has 2 aromatic heterocycles. The van der Waals surface area contributed by atoms with Gasteiger partial charge in [-0.15, -0.1) is 0 Å². The highest BCUT2D eigenvalue weighted by Gasteiger charge is 2.25. The summed E-state index contributed by atoms with van der Waals surface area (Å²) in [6.45, 7) is 0. The Labute approximate surface area is 127 Å². The van der Waals surface area contributed by atoms with Crippen LogP contribution in [0.5, 0.6) is 0 Å².